The minimum atomic E-state index is -0.574. The summed E-state index contributed by atoms with van der Waals surface area (Å²) in [5.74, 6) is -0.0255. The van der Waals surface area contributed by atoms with Crippen molar-refractivity contribution in [2.24, 2.45) is 5.92 Å². The number of rotatable bonds is 6. The number of carbonyl (C=O) groups is 2. The zero-order valence-corrected chi connectivity index (χ0v) is 16.4. The fourth-order valence-electron chi connectivity index (χ4n) is 3.27. The number of amides is 2. The Kier molecular flexibility index (Phi) is 7.06. The quantitative estimate of drug-likeness (QED) is 0.721. The van der Waals surface area contributed by atoms with Crippen LogP contribution in [-0.2, 0) is 9.53 Å². The van der Waals surface area contributed by atoms with Gasteiger partial charge in [-0.05, 0) is 57.6 Å². The molecule has 5 heteroatoms. The molecular weight excluding hydrogens is 328 g/mol. The van der Waals surface area contributed by atoms with Crippen molar-refractivity contribution in [3.8, 4) is 0 Å². The summed E-state index contributed by atoms with van der Waals surface area (Å²) in [4.78, 5) is 25.3. The number of nitrogens with one attached hydrogen (secondary N) is 2. The Morgan fingerprint density at radius 1 is 1.23 bits per heavy atom. The van der Waals surface area contributed by atoms with Crippen molar-refractivity contribution in [1.82, 2.24) is 5.32 Å². The number of alkyl carbamates (subject to hydrolysis) is 1. The number of hydrogen-bond donors (Lipinski definition) is 2. The molecule has 0 heterocycles. The zero-order chi connectivity index (χ0) is 19.2. The van der Waals surface area contributed by atoms with Crippen molar-refractivity contribution in [2.45, 2.75) is 77.9 Å². The maximum Gasteiger partial charge on any atom is 0.408 e. The maximum absolute atomic E-state index is 13.0. The standard InChI is InChI=1S/C21H32N2O3.2H2/c1-5-21(3,4)26-20(25)23-18(16-12-7-6-8-13-16)19(24)22-17-14-10-9-11-15(17)2;;/h9-11,14,16,18H,5-8,12-13H2,1-4H3,(H,22,24)(H,23,25);2*1H/t18-;;/m1../s1. The molecule has 5 nitrogen and oxygen atoms in total. The molecule has 0 unspecified atom stereocenters. The Morgan fingerprint density at radius 3 is 2.50 bits per heavy atom. The van der Waals surface area contributed by atoms with Gasteiger partial charge < -0.3 is 15.4 Å². The highest BCUT2D eigenvalue weighted by molar-refractivity contribution is 5.97. The van der Waals surface area contributed by atoms with Gasteiger partial charge >= 0.3 is 6.09 Å². The van der Waals surface area contributed by atoms with Gasteiger partial charge in [0.25, 0.3) is 0 Å². The zero-order valence-electron chi connectivity index (χ0n) is 16.4. The average molecular weight is 365 g/mol. The second-order valence-corrected chi connectivity index (χ2v) is 7.83. The highest BCUT2D eigenvalue weighted by Gasteiger charge is 2.33. The summed E-state index contributed by atoms with van der Waals surface area (Å²) in [6.07, 6.45) is 5.46. The summed E-state index contributed by atoms with van der Waals surface area (Å²) in [7, 11) is 0. The molecule has 1 saturated carbocycles. The van der Waals surface area contributed by atoms with Gasteiger partial charge in [0.15, 0.2) is 0 Å². The fraction of sp³-hybridized carbons (Fsp3) is 0.619. The third-order valence-corrected chi connectivity index (χ3v) is 5.30. The monoisotopic (exact) mass is 364 g/mol. The van der Waals surface area contributed by atoms with Crippen molar-refractivity contribution < 1.29 is 17.2 Å². The predicted molar refractivity (Wildman–Crippen MR) is 108 cm³/mol. The van der Waals surface area contributed by atoms with Crippen LogP contribution in [0.4, 0.5) is 10.5 Å². The Labute approximate surface area is 159 Å². The van der Waals surface area contributed by atoms with Crippen LogP contribution in [0.3, 0.4) is 0 Å². The van der Waals surface area contributed by atoms with Gasteiger partial charge in [-0.25, -0.2) is 4.79 Å². The first-order valence-electron chi connectivity index (χ1n) is 9.68. The molecule has 2 rings (SSSR count). The molecule has 1 aromatic rings. The van der Waals surface area contributed by atoms with Crippen LogP contribution in [0.1, 0.15) is 67.7 Å². The van der Waals surface area contributed by atoms with Crippen LogP contribution in [0.5, 0.6) is 0 Å². The smallest absolute Gasteiger partial charge is 0.408 e. The Morgan fingerprint density at radius 2 is 1.88 bits per heavy atom. The molecule has 1 aliphatic rings. The van der Waals surface area contributed by atoms with E-state index in [9.17, 15) is 9.59 Å². The molecule has 2 N–H and O–H groups in total. The first kappa shape index (κ1) is 20.3. The molecule has 1 aliphatic carbocycles. The lowest BCUT2D eigenvalue weighted by Gasteiger charge is -2.31. The third-order valence-electron chi connectivity index (χ3n) is 5.30. The topological polar surface area (TPSA) is 67.4 Å². The van der Waals surface area contributed by atoms with Gasteiger partial charge in [-0.1, -0.05) is 44.4 Å². The van der Waals surface area contributed by atoms with E-state index in [1.54, 1.807) is 0 Å². The van der Waals surface area contributed by atoms with Crippen molar-refractivity contribution in [3.05, 3.63) is 29.8 Å². The van der Waals surface area contributed by atoms with E-state index in [0.29, 0.717) is 6.42 Å². The van der Waals surface area contributed by atoms with E-state index < -0.39 is 17.7 Å². The number of ether oxygens (including phenoxy) is 1. The van der Waals surface area contributed by atoms with Gasteiger partial charge in [-0.15, -0.1) is 0 Å². The summed E-state index contributed by atoms with van der Waals surface area (Å²) in [6.45, 7) is 7.67. The van der Waals surface area contributed by atoms with Crippen molar-refractivity contribution in [3.63, 3.8) is 0 Å². The molecule has 0 aliphatic heterocycles. The number of aryl methyl sites for hydroxylation is 1. The lowest BCUT2D eigenvalue weighted by atomic mass is 9.83. The van der Waals surface area contributed by atoms with Crippen molar-refractivity contribution >= 4 is 17.7 Å². The van der Waals surface area contributed by atoms with Gasteiger partial charge in [-0.3, -0.25) is 4.79 Å². The summed E-state index contributed by atoms with van der Waals surface area (Å²) in [5, 5.41) is 5.82. The predicted octanol–water partition coefficient (Wildman–Crippen LogP) is 5.29. The first-order chi connectivity index (χ1) is 12.3. The molecule has 2 amide bonds. The summed E-state index contributed by atoms with van der Waals surface area (Å²) in [5.41, 5.74) is 1.23. The van der Waals surface area contributed by atoms with E-state index in [4.69, 9.17) is 4.74 Å². The second kappa shape index (κ2) is 9.06. The minimum Gasteiger partial charge on any atom is -0.444 e. The fourth-order valence-corrected chi connectivity index (χ4v) is 3.27. The molecule has 1 aromatic carbocycles. The van der Waals surface area contributed by atoms with Crippen LogP contribution in [0.15, 0.2) is 24.3 Å². The van der Waals surface area contributed by atoms with E-state index in [-0.39, 0.29) is 14.7 Å². The molecule has 0 saturated heterocycles. The van der Waals surface area contributed by atoms with E-state index in [2.05, 4.69) is 10.6 Å². The van der Waals surface area contributed by atoms with Crippen LogP contribution in [0.2, 0.25) is 0 Å². The first-order valence-corrected chi connectivity index (χ1v) is 9.68. The lowest BCUT2D eigenvalue weighted by molar-refractivity contribution is -0.119. The number of para-hydroxylation sites is 1. The lowest BCUT2D eigenvalue weighted by Crippen LogP contribution is -2.50. The molecule has 0 radical (unpaired) electrons. The number of benzene rings is 1. The summed E-state index contributed by atoms with van der Waals surface area (Å²) in [6, 6.07) is 7.09. The van der Waals surface area contributed by atoms with Gasteiger partial charge in [0.1, 0.15) is 11.6 Å². The summed E-state index contributed by atoms with van der Waals surface area (Å²) < 4.78 is 5.50. The van der Waals surface area contributed by atoms with E-state index in [1.807, 2.05) is 52.0 Å². The van der Waals surface area contributed by atoms with Gasteiger partial charge in [0, 0.05) is 8.54 Å². The molecule has 148 valence electrons. The molecule has 0 aromatic heterocycles. The Bertz CT molecular complexity index is 632. The van der Waals surface area contributed by atoms with Gasteiger partial charge in [-0.2, -0.15) is 0 Å². The number of carbonyl (C=O) groups excluding carboxylic acids is 2. The number of hydrogen-bond acceptors (Lipinski definition) is 3. The normalized spacial score (nSPS) is 16.6. The summed E-state index contributed by atoms with van der Waals surface area (Å²) >= 11 is 0. The van der Waals surface area contributed by atoms with Crippen molar-refractivity contribution in [2.75, 3.05) is 5.32 Å². The molecular formula is C21H36N2O3. The average Bonchev–Trinajstić information content (AvgIpc) is 2.62. The molecule has 26 heavy (non-hydrogen) atoms. The molecule has 1 atom stereocenters. The van der Waals surface area contributed by atoms with Crippen LogP contribution >= 0.6 is 0 Å². The minimum absolute atomic E-state index is 0. The third kappa shape index (κ3) is 5.75. The van der Waals surface area contributed by atoms with Crippen LogP contribution in [0, 0.1) is 12.8 Å². The maximum atomic E-state index is 13.0. The number of anilines is 1. The van der Waals surface area contributed by atoms with Crippen LogP contribution in [0.25, 0.3) is 0 Å². The molecule has 1 fully saturated rings. The molecule has 0 bridgehead atoms. The van der Waals surface area contributed by atoms with E-state index >= 15 is 0 Å². The highest BCUT2D eigenvalue weighted by Crippen LogP contribution is 2.28. The Balaban J connectivity index is 0.00000364. The van der Waals surface area contributed by atoms with Crippen molar-refractivity contribution in [1.29, 1.82) is 0 Å². The SMILES string of the molecule is CCC(C)(C)OC(=O)N[C@@H](C(=O)Nc1ccccc1C)C1CCCCC1.[HH].[HH]. The van der Waals surface area contributed by atoms with E-state index in [1.165, 1.54) is 6.42 Å². The van der Waals surface area contributed by atoms with E-state index in [0.717, 1.165) is 36.9 Å². The highest BCUT2D eigenvalue weighted by atomic mass is 16.6. The van der Waals surface area contributed by atoms with Crippen LogP contribution < -0.4 is 10.6 Å². The van der Waals surface area contributed by atoms with Gasteiger partial charge in [0.05, 0.1) is 0 Å². The second-order valence-electron chi connectivity index (χ2n) is 7.83. The largest absolute Gasteiger partial charge is 0.444 e. The Hall–Kier alpha value is -2.04. The molecule has 0 spiro atoms. The van der Waals surface area contributed by atoms with Gasteiger partial charge in [0.2, 0.25) is 5.91 Å². The van der Waals surface area contributed by atoms with Crippen LogP contribution in [-0.4, -0.2) is 23.6 Å².